The minimum atomic E-state index is -0.962. The highest BCUT2D eigenvalue weighted by Gasteiger charge is 2.43. The lowest BCUT2D eigenvalue weighted by molar-refractivity contribution is -0.147. The van der Waals surface area contributed by atoms with E-state index >= 15 is 0 Å². The molecule has 134 valence electrons. The first-order valence-corrected chi connectivity index (χ1v) is 8.16. The minimum Gasteiger partial charge on any atom is -0.481 e. The number of halogens is 1. The van der Waals surface area contributed by atoms with E-state index in [9.17, 15) is 23.9 Å². The summed E-state index contributed by atoms with van der Waals surface area (Å²) in [4.78, 5) is 38.8. The van der Waals surface area contributed by atoms with Crippen LogP contribution in [0.5, 0.6) is 0 Å². The number of amides is 3. The van der Waals surface area contributed by atoms with Crippen LogP contribution in [0.1, 0.15) is 19.8 Å². The number of rotatable bonds is 3. The summed E-state index contributed by atoms with van der Waals surface area (Å²) in [5, 5.41) is 11.9. The van der Waals surface area contributed by atoms with Gasteiger partial charge in [0.05, 0.1) is 11.1 Å². The van der Waals surface area contributed by atoms with Crippen molar-refractivity contribution in [1.29, 1.82) is 0 Å². The maximum absolute atomic E-state index is 13.9. The molecule has 2 unspecified atom stereocenters. The molecule has 2 atom stereocenters. The van der Waals surface area contributed by atoms with E-state index < -0.39 is 29.3 Å². The highest BCUT2D eigenvalue weighted by atomic mass is 19.1. The molecule has 0 aromatic heterocycles. The Hall–Kier alpha value is -2.64. The summed E-state index contributed by atoms with van der Waals surface area (Å²) in [6, 6.07) is 4.81. The summed E-state index contributed by atoms with van der Waals surface area (Å²) in [6.07, 6.45) is 0.749. The number of anilines is 1. The topological polar surface area (TPSA) is 89.9 Å². The van der Waals surface area contributed by atoms with Gasteiger partial charge in [0.15, 0.2) is 0 Å². The Labute approximate surface area is 144 Å². The molecular weight excluding hydrogens is 329 g/mol. The van der Waals surface area contributed by atoms with Gasteiger partial charge in [-0.15, -0.1) is 0 Å². The predicted molar refractivity (Wildman–Crippen MR) is 87.6 cm³/mol. The number of hydrogen-bond donors (Lipinski definition) is 2. The molecule has 2 N–H and O–H groups in total. The van der Waals surface area contributed by atoms with Gasteiger partial charge < -0.3 is 20.2 Å². The van der Waals surface area contributed by atoms with Crippen LogP contribution >= 0.6 is 0 Å². The summed E-state index contributed by atoms with van der Waals surface area (Å²) in [6.45, 7) is 2.35. The van der Waals surface area contributed by atoms with Crippen LogP contribution in [0.2, 0.25) is 0 Å². The summed E-state index contributed by atoms with van der Waals surface area (Å²) in [5.74, 6) is -1.79. The van der Waals surface area contributed by atoms with Crippen LogP contribution in [0.25, 0.3) is 0 Å². The van der Waals surface area contributed by atoms with Crippen LogP contribution in [-0.4, -0.2) is 53.6 Å². The molecule has 2 aliphatic rings. The van der Waals surface area contributed by atoms with E-state index in [-0.39, 0.29) is 18.1 Å². The molecule has 1 aromatic carbocycles. The zero-order valence-electron chi connectivity index (χ0n) is 13.9. The Morgan fingerprint density at radius 3 is 2.68 bits per heavy atom. The number of nitrogens with zero attached hydrogens (tertiary/aromatic N) is 2. The molecule has 0 radical (unpaired) electrons. The van der Waals surface area contributed by atoms with Gasteiger partial charge >= 0.3 is 12.0 Å². The molecule has 0 aliphatic carbocycles. The van der Waals surface area contributed by atoms with E-state index in [2.05, 4.69) is 5.32 Å². The van der Waals surface area contributed by atoms with Gasteiger partial charge in [0.2, 0.25) is 5.91 Å². The number of carboxylic acid groups (broad SMARTS) is 1. The third kappa shape index (κ3) is 3.16. The molecule has 0 spiro atoms. The first-order valence-electron chi connectivity index (χ1n) is 8.16. The standard InChI is InChI=1S/C17H20FN3O4/c1-17(15(23)24)7-9-20(10-17)16(25)19-12-6-8-21(14(12)22)13-5-3-2-4-11(13)18/h2-5,12H,6-10H2,1H3,(H,19,25)(H,23,24). The number of para-hydroxylation sites is 1. The number of aliphatic carboxylic acids is 1. The average Bonchev–Trinajstić information content (AvgIpc) is 3.14. The zero-order valence-corrected chi connectivity index (χ0v) is 13.9. The monoisotopic (exact) mass is 349 g/mol. The molecule has 7 nitrogen and oxygen atoms in total. The van der Waals surface area contributed by atoms with Crippen molar-refractivity contribution in [2.24, 2.45) is 5.41 Å². The van der Waals surface area contributed by atoms with Crippen molar-refractivity contribution in [1.82, 2.24) is 10.2 Å². The number of hydrogen-bond acceptors (Lipinski definition) is 3. The van der Waals surface area contributed by atoms with E-state index in [0.29, 0.717) is 25.9 Å². The molecule has 2 heterocycles. The Kier molecular flexibility index (Phi) is 4.36. The van der Waals surface area contributed by atoms with Gasteiger partial charge in [0.1, 0.15) is 11.9 Å². The molecule has 0 bridgehead atoms. The second-order valence-corrected chi connectivity index (χ2v) is 6.77. The van der Waals surface area contributed by atoms with Gasteiger partial charge in [-0.2, -0.15) is 0 Å². The Morgan fingerprint density at radius 1 is 1.32 bits per heavy atom. The summed E-state index contributed by atoms with van der Waals surface area (Å²) in [5.41, 5.74) is -0.764. The summed E-state index contributed by atoms with van der Waals surface area (Å²) < 4.78 is 13.9. The van der Waals surface area contributed by atoms with Crippen molar-refractivity contribution in [2.45, 2.75) is 25.8 Å². The fourth-order valence-corrected chi connectivity index (χ4v) is 3.27. The quantitative estimate of drug-likeness (QED) is 0.864. The van der Waals surface area contributed by atoms with Crippen molar-refractivity contribution in [3.8, 4) is 0 Å². The van der Waals surface area contributed by atoms with Crippen molar-refractivity contribution in [3.05, 3.63) is 30.1 Å². The normalized spacial score (nSPS) is 26.2. The van der Waals surface area contributed by atoms with Crippen LogP contribution in [0.3, 0.4) is 0 Å². The second kappa shape index (κ2) is 6.34. The number of urea groups is 1. The van der Waals surface area contributed by atoms with E-state index in [1.54, 1.807) is 19.1 Å². The lowest BCUT2D eigenvalue weighted by Gasteiger charge is -2.22. The first kappa shape index (κ1) is 17.2. The van der Waals surface area contributed by atoms with Crippen LogP contribution in [-0.2, 0) is 9.59 Å². The van der Waals surface area contributed by atoms with Gasteiger partial charge in [-0.3, -0.25) is 9.59 Å². The van der Waals surface area contributed by atoms with Crippen LogP contribution < -0.4 is 10.2 Å². The van der Waals surface area contributed by atoms with Crippen molar-refractivity contribution < 1.29 is 23.9 Å². The van der Waals surface area contributed by atoms with E-state index in [0.717, 1.165) is 0 Å². The predicted octanol–water partition coefficient (Wildman–Crippen LogP) is 1.44. The van der Waals surface area contributed by atoms with E-state index in [4.69, 9.17) is 0 Å². The SMILES string of the molecule is CC1(C(=O)O)CCN(C(=O)NC2CCN(c3ccccc3F)C2=O)C1. The zero-order chi connectivity index (χ0) is 18.2. The number of likely N-dealkylation sites (tertiary alicyclic amines) is 1. The van der Waals surface area contributed by atoms with Gasteiger partial charge in [-0.05, 0) is 31.9 Å². The third-order valence-corrected chi connectivity index (χ3v) is 4.92. The largest absolute Gasteiger partial charge is 0.481 e. The maximum atomic E-state index is 13.9. The highest BCUT2D eigenvalue weighted by Crippen LogP contribution is 2.30. The van der Waals surface area contributed by atoms with Crippen molar-refractivity contribution >= 4 is 23.6 Å². The minimum absolute atomic E-state index is 0.103. The molecule has 8 heteroatoms. The number of nitrogens with one attached hydrogen (secondary N) is 1. The van der Waals surface area contributed by atoms with Crippen molar-refractivity contribution in [2.75, 3.05) is 24.5 Å². The van der Waals surface area contributed by atoms with Crippen LogP contribution in [0.4, 0.5) is 14.9 Å². The smallest absolute Gasteiger partial charge is 0.318 e. The van der Waals surface area contributed by atoms with Crippen molar-refractivity contribution in [3.63, 3.8) is 0 Å². The lowest BCUT2D eigenvalue weighted by Crippen LogP contribution is -2.48. The van der Waals surface area contributed by atoms with Gasteiger partial charge in [-0.1, -0.05) is 12.1 Å². The van der Waals surface area contributed by atoms with Crippen LogP contribution in [0, 0.1) is 11.2 Å². The fourth-order valence-electron chi connectivity index (χ4n) is 3.27. The Morgan fingerprint density at radius 2 is 2.04 bits per heavy atom. The number of benzene rings is 1. The molecule has 3 rings (SSSR count). The third-order valence-electron chi connectivity index (χ3n) is 4.92. The first-order chi connectivity index (χ1) is 11.8. The van der Waals surface area contributed by atoms with Gasteiger partial charge in [-0.25, -0.2) is 9.18 Å². The molecule has 0 saturated carbocycles. The highest BCUT2D eigenvalue weighted by molar-refractivity contribution is 6.01. The molecule has 2 saturated heterocycles. The van der Waals surface area contributed by atoms with Crippen LogP contribution in [0.15, 0.2) is 24.3 Å². The number of carbonyl (C=O) groups excluding carboxylic acids is 2. The van der Waals surface area contributed by atoms with Gasteiger partial charge in [0, 0.05) is 19.6 Å². The Bertz CT molecular complexity index is 726. The molecule has 1 aromatic rings. The second-order valence-electron chi connectivity index (χ2n) is 6.77. The number of carboxylic acids is 1. The molecule has 3 amide bonds. The maximum Gasteiger partial charge on any atom is 0.318 e. The van der Waals surface area contributed by atoms with E-state index in [1.165, 1.54) is 21.9 Å². The van der Waals surface area contributed by atoms with E-state index in [1.807, 2.05) is 0 Å². The lowest BCUT2D eigenvalue weighted by atomic mass is 9.90. The Balaban J connectivity index is 1.63. The summed E-state index contributed by atoms with van der Waals surface area (Å²) >= 11 is 0. The number of carbonyl (C=O) groups is 3. The van der Waals surface area contributed by atoms with Gasteiger partial charge in [0.25, 0.3) is 0 Å². The molecule has 2 aliphatic heterocycles. The molecular formula is C17H20FN3O4. The fraction of sp³-hybridized carbons (Fsp3) is 0.471. The summed E-state index contributed by atoms with van der Waals surface area (Å²) in [7, 11) is 0. The molecule has 25 heavy (non-hydrogen) atoms. The molecule has 2 fully saturated rings. The average molecular weight is 349 g/mol.